The van der Waals surface area contributed by atoms with E-state index in [4.69, 9.17) is 0 Å². The van der Waals surface area contributed by atoms with Crippen LogP contribution in [-0.2, 0) is 4.79 Å². The van der Waals surface area contributed by atoms with Crippen LogP contribution < -0.4 is 5.32 Å². The maximum atomic E-state index is 12.9. The van der Waals surface area contributed by atoms with Gasteiger partial charge in [0.2, 0.25) is 5.91 Å². The van der Waals surface area contributed by atoms with Crippen LogP contribution in [-0.4, -0.2) is 51.1 Å². The molecule has 3 amide bonds. The van der Waals surface area contributed by atoms with Gasteiger partial charge in [-0.15, -0.1) is 0 Å². The molecule has 28 heavy (non-hydrogen) atoms. The smallest absolute Gasteiger partial charge is 0.272 e. The number of nitrogens with zero attached hydrogens (tertiary/aromatic N) is 4. The molecule has 3 aromatic rings. The lowest BCUT2D eigenvalue weighted by molar-refractivity contribution is -0.114. The maximum absolute atomic E-state index is 12.9. The Morgan fingerprint density at radius 3 is 2.18 bits per heavy atom. The summed E-state index contributed by atoms with van der Waals surface area (Å²) in [5.41, 5.74) is 2.49. The van der Waals surface area contributed by atoms with Crippen molar-refractivity contribution in [3.63, 3.8) is 0 Å². The number of hydrogen-bond acceptors (Lipinski definition) is 6. The van der Waals surface area contributed by atoms with Gasteiger partial charge in [0.25, 0.3) is 11.8 Å². The Balaban J connectivity index is 1.54. The first kappa shape index (κ1) is 17.7. The Hall–Kier alpha value is -3.75. The second-order valence-corrected chi connectivity index (χ2v) is 6.44. The minimum absolute atomic E-state index is 0.185. The van der Waals surface area contributed by atoms with Crippen LogP contribution in [0.25, 0.3) is 11.0 Å². The van der Waals surface area contributed by atoms with Crippen LogP contribution in [0.1, 0.15) is 34.1 Å². The molecule has 2 heterocycles. The molecule has 1 aliphatic heterocycles. The molecule has 2 aromatic carbocycles. The van der Waals surface area contributed by atoms with Crippen molar-refractivity contribution in [2.75, 3.05) is 18.4 Å². The number of benzene rings is 2. The fourth-order valence-corrected chi connectivity index (χ4v) is 3.15. The van der Waals surface area contributed by atoms with Gasteiger partial charge in [0.05, 0.1) is 0 Å². The molecule has 1 fully saturated rings. The number of aromatic nitrogens is 2. The third kappa shape index (κ3) is 3.29. The standard InChI is InChI=1S/C19H17N5O4/c1-12(25)20-15-6-3-13(4-7-15)18(26)23-9-2-10-24(23)19(27)14-5-8-16-17(11-14)22-28-21-16/h3-8,11H,2,9-10H2,1H3,(H,20,25). The second-order valence-electron chi connectivity index (χ2n) is 6.44. The number of anilines is 1. The maximum Gasteiger partial charge on any atom is 0.272 e. The number of rotatable bonds is 3. The molecule has 1 saturated heterocycles. The number of hydrazine groups is 1. The van der Waals surface area contributed by atoms with E-state index in [0.29, 0.717) is 47.4 Å². The molecular weight excluding hydrogens is 362 g/mol. The summed E-state index contributed by atoms with van der Waals surface area (Å²) in [5, 5.41) is 13.0. The first-order valence-corrected chi connectivity index (χ1v) is 8.76. The molecule has 0 unspecified atom stereocenters. The van der Waals surface area contributed by atoms with E-state index in [1.807, 2.05) is 0 Å². The topological polar surface area (TPSA) is 109 Å². The molecule has 4 rings (SSSR count). The number of hydrogen-bond donors (Lipinski definition) is 1. The molecule has 9 heteroatoms. The van der Waals surface area contributed by atoms with Gasteiger partial charge in [-0.2, -0.15) is 0 Å². The van der Waals surface area contributed by atoms with Crippen LogP contribution in [0.15, 0.2) is 47.1 Å². The van der Waals surface area contributed by atoms with E-state index in [2.05, 4.69) is 20.3 Å². The average Bonchev–Trinajstić information content (AvgIpc) is 3.35. The molecule has 1 aliphatic rings. The Bertz CT molecular complexity index is 1060. The van der Waals surface area contributed by atoms with Gasteiger partial charge in [-0.1, -0.05) is 0 Å². The molecule has 9 nitrogen and oxygen atoms in total. The van der Waals surface area contributed by atoms with Gasteiger partial charge in [0, 0.05) is 36.8 Å². The van der Waals surface area contributed by atoms with Gasteiger partial charge in [-0.05, 0) is 59.2 Å². The normalized spacial score (nSPS) is 13.8. The highest BCUT2D eigenvalue weighted by Crippen LogP contribution is 2.21. The number of carbonyl (C=O) groups is 3. The van der Waals surface area contributed by atoms with Crippen LogP contribution in [0.4, 0.5) is 5.69 Å². The molecule has 0 atom stereocenters. The highest BCUT2D eigenvalue weighted by Gasteiger charge is 2.32. The third-order valence-electron chi connectivity index (χ3n) is 4.45. The molecule has 0 saturated carbocycles. The predicted molar refractivity (Wildman–Crippen MR) is 99.2 cm³/mol. The van der Waals surface area contributed by atoms with E-state index in [1.54, 1.807) is 42.5 Å². The molecular formula is C19H17N5O4. The summed E-state index contributed by atoms with van der Waals surface area (Å²) in [6, 6.07) is 11.5. The molecule has 0 bridgehead atoms. The van der Waals surface area contributed by atoms with Crippen LogP contribution in [0.2, 0.25) is 0 Å². The first-order valence-electron chi connectivity index (χ1n) is 8.76. The van der Waals surface area contributed by atoms with Crippen molar-refractivity contribution in [3.05, 3.63) is 53.6 Å². The summed E-state index contributed by atoms with van der Waals surface area (Å²) in [7, 11) is 0. The second kappa shape index (κ2) is 7.10. The van der Waals surface area contributed by atoms with Crippen molar-refractivity contribution in [1.29, 1.82) is 0 Å². The number of amides is 3. The van der Waals surface area contributed by atoms with E-state index in [-0.39, 0.29) is 17.7 Å². The summed E-state index contributed by atoms with van der Waals surface area (Å²) in [6.45, 7) is 2.31. The van der Waals surface area contributed by atoms with Gasteiger partial charge >= 0.3 is 0 Å². The van der Waals surface area contributed by atoms with Crippen LogP contribution in [0.5, 0.6) is 0 Å². The number of nitrogens with one attached hydrogen (secondary N) is 1. The summed E-state index contributed by atoms with van der Waals surface area (Å²) in [6.07, 6.45) is 0.690. The summed E-state index contributed by atoms with van der Waals surface area (Å²) in [5.74, 6) is -0.746. The molecule has 142 valence electrons. The van der Waals surface area contributed by atoms with Crippen molar-refractivity contribution in [1.82, 2.24) is 20.3 Å². The zero-order valence-corrected chi connectivity index (χ0v) is 15.1. The summed E-state index contributed by atoms with van der Waals surface area (Å²) >= 11 is 0. The van der Waals surface area contributed by atoms with E-state index in [9.17, 15) is 14.4 Å². The van der Waals surface area contributed by atoms with E-state index in [1.165, 1.54) is 16.9 Å². The number of carbonyl (C=O) groups excluding carboxylic acids is 3. The third-order valence-corrected chi connectivity index (χ3v) is 4.45. The zero-order chi connectivity index (χ0) is 19.7. The van der Waals surface area contributed by atoms with Crippen molar-refractivity contribution in [2.45, 2.75) is 13.3 Å². The Labute approximate surface area is 159 Å². The highest BCUT2D eigenvalue weighted by atomic mass is 16.6. The minimum atomic E-state index is -0.286. The zero-order valence-electron chi connectivity index (χ0n) is 15.1. The Morgan fingerprint density at radius 1 is 0.893 bits per heavy atom. The molecule has 1 N–H and O–H groups in total. The Morgan fingerprint density at radius 2 is 1.50 bits per heavy atom. The largest absolute Gasteiger partial charge is 0.326 e. The van der Waals surface area contributed by atoms with Crippen molar-refractivity contribution < 1.29 is 19.0 Å². The van der Waals surface area contributed by atoms with Gasteiger partial charge in [0.15, 0.2) is 0 Å². The highest BCUT2D eigenvalue weighted by molar-refractivity contribution is 6.01. The van der Waals surface area contributed by atoms with Crippen molar-refractivity contribution >= 4 is 34.4 Å². The average molecular weight is 379 g/mol. The van der Waals surface area contributed by atoms with Gasteiger partial charge in [-0.3, -0.25) is 14.4 Å². The van der Waals surface area contributed by atoms with Crippen LogP contribution in [0, 0.1) is 0 Å². The van der Waals surface area contributed by atoms with E-state index in [0.717, 1.165) is 0 Å². The quantitative estimate of drug-likeness (QED) is 0.746. The summed E-state index contributed by atoms with van der Waals surface area (Å²) in [4.78, 5) is 37.0. The van der Waals surface area contributed by atoms with Gasteiger partial charge in [0.1, 0.15) is 11.0 Å². The van der Waals surface area contributed by atoms with Crippen LogP contribution in [0.3, 0.4) is 0 Å². The lowest BCUT2D eigenvalue weighted by Gasteiger charge is -2.28. The molecule has 0 spiro atoms. The van der Waals surface area contributed by atoms with Crippen molar-refractivity contribution in [2.24, 2.45) is 0 Å². The van der Waals surface area contributed by atoms with E-state index < -0.39 is 0 Å². The lowest BCUT2D eigenvalue weighted by atomic mass is 10.1. The van der Waals surface area contributed by atoms with E-state index >= 15 is 0 Å². The van der Waals surface area contributed by atoms with Crippen LogP contribution >= 0.6 is 0 Å². The summed E-state index contributed by atoms with van der Waals surface area (Å²) < 4.78 is 4.66. The monoisotopic (exact) mass is 379 g/mol. The fraction of sp³-hybridized carbons (Fsp3) is 0.211. The van der Waals surface area contributed by atoms with Gasteiger partial charge < -0.3 is 5.32 Å². The fourth-order valence-electron chi connectivity index (χ4n) is 3.15. The first-order chi connectivity index (χ1) is 13.5. The SMILES string of the molecule is CC(=O)Nc1ccc(C(=O)N2CCCN2C(=O)c2ccc3nonc3c2)cc1. The number of fused-ring (bicyclic) bond motifs is 1. The molecule has 1 aromatic heterocycles. The molecule has 0 aliphatic carbocycles. The predicted octanol–water partition coefficient (Wildman–Crippen LogP) is 2.08. The molecule has 0 radical (unpaired) electrons. The Kier molecular flexibility index (Phi) is 4.48. The van der Waals surface area contributed by atoms with Gasteiger partial charge in [-0.25, -0.2) is 14.6 Å². The minimum Gasteiger partial charge on any atom is -0.326 e. The lowest BCUT2D eigenvalue weighted by Crippen LogP contribution is -2.44. The van der Waals surface area contributed by atoms with Crippen molar-refractivity contribution in [3.8, 4) is 0 Å².